The van der Waals surface area contributed by atoms with Crippen molar-refractivity contribution >= 4 is 26.7 Å². The molecule has 6 heteroatoms. The van der Waals surface area contributed by atoms with Gasteiger partial charge in [0.25, 0.3) is 5.91 Å². The largest absolute Gasteiger partial charge is 0.504 e. The van der Waals surface area contributed by atoms with Gasteiger partial charge in [-0.15, -0.1) is 0 Å². The van der Waals surface area contributed by atoms with Crippen molar-refractivity contribution in [2.75, 3.05) is 23.2 Å². The molecule has 0 spiro atoms. The maximum Gasteiger partial charge on any atom is 0.260 e. The number of hydrogen-bond donors (Lipinski definition) is 1. The SMILES string of the molecule is CC.COc1cc2c(cc1O)N(P)CC1Cc3ccccc3N1C2=O. The fourth-order valence-corrected chi connectivity index (χ4v) is 3.92. The van der Waals surface area contributed by atoms with E-state index in [9.17, 15) is 9.90 Å². The first-order valence-electron chi connectivity index (χ1n) is 8.45. The molecule has 0 aliphatic carbocycles. The summed E-state index contributed by atoms with van der Waals surface area (Å²) in [6, 6.07) is 11.3. The van der Waals surface area contributed by atoms with E-state index in [4.69, 9.17) is 4.74 Å². The van der Waals surface area contributed by atoms with Crippen LogP contribution in [0.5, 0.6) is 11.5 Å². The number of anilines is 2. The van der Waals surface area contributed by atoms with Crippen molar-refractivity contribution < 1.29 is 14.6 Å². The molecule has 0 saturated carbocycles. The predicted octanol–water partition coefficient (Wildman–Crippen LogP) is 3.61. The molecule has 2 aliphatic heterocycles. The third kappa shape index (κ3) is 2.83. The zero-order valence-corrected chi connectivity index (χ0v) is 15.8. The summed E-state index contributed by atoms with van der Waals surface area (Å²) in [4.78, 5) is 15.0. The maximum atomic E-state index is 13.2. The van der Waals surface area contributed by atoms with Crippen molar-refractivity contribution in [2.45, 2.75) is 26.3 Å². The number of carbonyl (C=O) groups is 1. The van der Waals surface area contributed by atoms with E-state index in [1.54, 1.807) is 12.1 Å². The van der Waals surface area contributed by atoms with Crippen LogP contribution in [0.4, 0.5) is 11.4 Å². The normalized spacial score (nSPS) is 17.8. The topological polar surface area (TPSA) is 53.0 Å². The van der Waals surface area contributed by atoms with Crippen molar-refractivity contribution in [1.29, 1.82) is 0 Å². The first kappa shape index (κ1) is 17.6. The summed E-state index contributed by atoms with van der Waals surface area (Å²) >= 11 is 0. The smallest absolute Gasteiger partial charge is 0.260 e. The van der Waals surface area contributed by atoms with E-state index in [2.05, 4.69) is 15.5 Å². The minimum atomic E-state index is -0.0572. The van der Waals surface area contributed by atoms with E-state index >= 15 is 0 Å². The van der Waals surface area contributed by atoms with Crippen LogP contribution in [-0.4, -0.2) is 30.7 Å². The number of benzene rings is 2. The van der Waals surface area contributed by atoms with Gasteiger partial charge in [-0.3, -0.25) is 4.79 Å². The van der Waals surface area contributed by atoms with Gasteiger partial charge in [0.1, 0.15) is 0 Å². The van der Waals surface area contributed by atoms with Crippen molar-refractivity contribution in [3.63, 3.8) is 0 Å². The van der Waals surface area contributed by atoms with Crippen LogP contribution in [0.15, 0.2) is 36.4 Å². The third-order valence-corrected chi connectivity index (χ3v) is 5.02. The molecule has 0 radical (unpaired) electrons. The number of methoxy groups -OCH3 is 1. The van der Waals surface area contributed by atoms with Crippen LogP contribution < -0.4 is 14.3 Å². The number of aromatic hydroxyl groups is 1. The highest BCUT2D eigenvalue weighted by Gasteiger charge is 2.39. The molecule has 1 amide bonds. The molecule has 2 heterocycles. The number of ether oxygens (including phenoxy) is 1. The van der Waals surface area contributed by atoms with Crippen LogP contribution in [0.1, 0.15) is 29.8 Å². The van der Waals surface area contributed by atoms with Gasteiger partial charge in [0, 0.05) is 18.3 Å². The number of amides is 1. The second-order valence-corrected chi connectivity index (χ2v) is 6.48. The molecular weight excluding hydrogens is 335 g/mol. The molecule has 0 fully saturated rings. The first-order chi connectivity index (χ1) is 12.1. The lowest BCUT2D eigenvalue weighted by molar-refractivity contribution is 0.0983. The summed E-state index contributed by atoms with van der Waals surface area (Å²) in [5, 5.41) is 10.0. The Labute approximate surface area is 150 Å². The molecule has 132 valence electrons. The van der Waals surface area contributed by atoms with E-state index in [0.29, 0.717) is 23.5 Å². The Bertz CT molecular complexity index is 809. The van der Waals surface area contributed by atoms with Crippen LogP contribution in [0.25, 0.3) is 0 Å². The monoisotopic (exact) mass is 358 g/mol. The van der Waals surface area contributed by atoms with Gasteiger partial charge in [-0.1, -0.05) is 32.0 Å². The number of carbonyl (C=O) groups excluding carboxylic acids is 1. The van der Waals surface area contributed by atoms with E-state index < -0.39 is 0 Å². The standard InChI is InChI=1S/C17H17N2O3P.C2H6/c1-22-16-7-12-14(8-15(16)20)18(23)9-11-6-10-4-2-3-5-13(10)19(11)17(12)21;1-2/h2-5,7-8,11,20H,6,9,23H2,1H3;1-2H3. The van der Waals surface area contributed by atoms with Crippen molar-refractivity contribution in [3.05, 3.63) is 47.5 Å². The molecule has 2 aromatic rings. The van der Waals surface area contributed by atoms with Crippen LogP contribution >= 0.6 is 9.39 Å². The highest BCUT2D eigenvalue weighted by atomic mass is 31.0. The highest BCUT2D eigenvalue weighted by molar-refractivity contribution is 7.19. The van der Waals surface area contributed by atoms with Gasteiger partial charge in [0.15, 0.2) is 11.5 Å². The Morgan fingerprint density at radius 2 is 1.92 bits per heavy atom. The van der Waals surface area contributed by atoms with Gasteiger partial charge in [0.05, 0.1) is 24.4 Å². The fourth-order valence-electron chi connectivity index (χ4n) is 3.47. The third-order valence-electron chi connectivity index (χ3n) is 4.54. The summed E-state index contributed by atoms with van der Waals surface area (Å²) in [6.45, 7) is 4.68. The molecule has 2 unspecified atom stereocenters. The Kier molecular flexibility index (Phi) is 4.87. The average molecular weight is 358 g/mol. The first-order valence-corrected chi connectivity index (χ1v) is 8.96. The van der Waals surface area contributed by atoms with Crippen LogP contribution in [0.2, 0.25) is 0 Å². The minimum Gasteiger partial charge on any atom is -0.504 e. The highest BCUT2D eigenvalue weighted by Crippen LogP contribution is 2.42. The van der Waals surface area contributed by atoms with Gasteiger partial charge in [-0.25, -0.2) is 0 Å². The van der Waals surface area contributed by atoms with Crippen molar-refractivity contribution in [3.8, 4) is 11.5 Å². The van der Waals surface area contributed by atoms with Gasteiger partial charge in [0.2, 0.25) is 0 Å². The van der Waals surface area contributed by atoms with Crippen LogP contribution in [-0.2, 0) is 6.42 Å². The Morgan fingerprint density at radius 1 is 1.20 bits per heavy atom. The van der Waals surface area contributed by atoms with Gasteiger partial charge in [-0.2, -0.15) is 0 Å². The van der Waals surface area contributed by atoms with E-state index in [0.717, 1.165) is 12.1 Å². The zero-order valence-electron chi connectivity index (χ0n) is 14.7. The predicted molar refractivity (Wildman–Crippen MR) is 104 cm³/mol. The average Bonchev–Trinajstić information content (AvgIpc) is 2.96. The quantitative estimate of drug-likeness (QED) is 0.792. The zero-order chi connectivity index (χ0) is 18.1. The molecule has 2 aliphatic rings. The minimum absolute atomic E-state index is 0.0361. The molecule has 0 bridgehead atoms. The Morgan fingerprint density at radius 3 is 2.64 bits per heavy atom. The molecule has 2 aromatic carbocycles. The fraction of sp³-hybridized carbons (Fsp3) is 0.316. The molecule has 25 heavy (non-hydrogen) atoms. The Balaban J connectivity index is 0.000000880. The molecule has 0 saturated heterocycles. The van der Waals surface area contributed by atoms with Crippen LogP contribution in [0.3, 0.4) is 0 Å². The van der Waals surface area contributed by atoms with Gasteiger partial charge >= 0.3 is 0 Å². The summed E-state index contributed by atoms with van der Waals surface area (Å²) in [5.74, 6) is 0.286. The van der Waals surface area contributed by atoms with Crippen molar-refractivity contribution in [2.24, 2.45) is 0 Å². The molecule has 2 atom stereocenters. The number of nitrogens with zero attached hydrogens (tertiary/aromatic N) is 2. The number of phenolic OH excluding ortho intramolecular Hbond substituents is 1. The summed E-state index contributed by atoms with van der Waals surface area (Å²) in [6.07, 6.45) is 0.837. The lowest BCUT2D eigenvalue weighted by Crippen LogP contribution is -2.40. The lowest BCUT2D eigenvalue weighted by Gasteiger charge is -2.24. The maximum absolute atomic E-state index is 13.2. The number of para-hydroxylation sites is 1. The lowest BCUT2D eigenvalue weighted by atomic mass is 10.1. The number of rotatable bonds is 1. The summed E-state index contributed by atoms with van der Waals surface area (Å²) in [5.41, 5.74) is 3.40. The Hall–Kier alpha value is -2.26. The van der Waals surface area contributed by atoms with Crippen LogP contribution in [0, 0.1) is 0 Å². The second-order valence-electron chi connectivity index (χ2n) is 5.86. The van der Waals surface area contributed by atoms with Crippen molar-refractivity contribution in [1.82, 2.24) is 0 Å². The molecule has 4 rings (SSSR count). The molecule has 0 aromatic heterocycles. The number of hydrogen-bond acceptors (Lipinski definition) is 4. The molecule has 5 nitrogen and oxygen atoms in total. The molecular formula is C19H23N2O3P. The van der Waals surface area contributed by atoms with E-state index in [1.165, 1.54) is 12.7 Å². The summed E-state index contributed by atoms with van der Waals surface area (Å²) in [7, 11) is 4.13. The second kappa shape index (κ2) is 6.93. The van der Waals surface area contributed by atoms with E-state index in [-0.39, 0.29) is 17.7 Å². The molecule has 1 N–H and O–H groups in total. The number of phenols is 1. The summed E-state index contributed by atoms with van der Waals surface area (Å²) < 4.78 is 7.12. The van der Waals surface area contributed by atoms with E-state index in [1.807, 2.05) is 41.6 Å². The van der Waals surface area contributed by atoms with Gasteiger partial charge < -0.3 is 19.4 Å². The van der Waals surface area contributed by atoms with Gasteiger partial charge in [-0.05, 0) is 33.5 Å². The number of fused-ring (bicyclic) bond motifs is 4.